The van der Waals surface area contributed by atoms with Crippen LogP contribution in [0, 0.1) is 17.2 Å². The van der Waals surface area contributed by atoms with E-state index < -0.39 is 0 Å². The molecule has 0 aliphatic rings. The maximum Gasteiger partial charge on any atom is 0.0925 e. The Bertz CT molecular complexity index is 151. The maximum atomic E-state index is 8.46. The Morgan fingerprint density at radius 3 is 2.54 bits per heavy atom. The van der Waals surface area contributed by atoms with Gasteiger partial charge in [-0.2, -0.15) is 5.26 Å². The number of rotatable bonds is 7. The summed E-state index contributed by atoms with van der Waals surface area (Å²) in [7, 11) is 0. The number of hydrogen-bond acceptors (Lipinski definition) is 3. The van der Waals surface area contributed by atoms with Crippen LogP contribution in [0.1, 0.15) is 27.2 Å². The summed E-state index contributed by atoms with van der Waals surface area (Å²) in [6.07, 6.45) is 1.10. The highest BCUT2D eigenvalue weighted by Gasteiger charge is 1.97. The van der Waals surface area contributed by atoms with Gasteiger partial charge in [0, 0.05) is 13.2 Å². The van der Waals surface area contributed by atoms with Crippen molar-refractivity contribution < 1.29 is 4.74 Å². The molecule has 0 rings (SSSR count). The van der Waals surface area contributed by atoms with Crippen LogP contribution in [-0.4, -0.2) is 25.8 Å². The van der Waals surface area contributed by atoms with Gasteiger partial charge in [-0.1, -0.05) is 13.8 Å². The van der Waals surface area contributed by atoms with Gasteiger partial charge in [-0.25, -0.2) is 0 Å². The Kier molecular flexibility index (Phi) is 7.66. The molecule has 13 heavy (non-hydrogen) atoms. The van der Waals surface area contributed by atoms with E-state index in [2.05, 4.69) is 25.2 Å². The monoisotopic (exact) mass is 184 g/mol. The van der Waals surface area contributed by atoms with Crippen molar-refractivity contribution >= 4 is 0 Å². The molecule has 3 nitrogen and oxygen atoms in total. The summed E-state index contributed by atoms with van der Waals surface area (Å²) < 4.78 is 5.37. The lowest BCUT2D eigenvalue weighted by Crippen LogP contribution is -2.28. The first kappa shape index (κ1) is 12.4. The Balaban J connectivity index is 3.05. The normalized spacial score (nSPS) is 12.8. The first-order chi connectivity index (χ1) is 6.16. The van der Waals surface area contributed by atoms with E-state index in [1.54, 1.807) is 0 Å². The van der Waals surface area contributed by atoms with Crippen molar-refractivity contribution in [1.82, 2.24) is 5.32 Å². The second-order valence-electron chi connectivity index (χ2n) is 3.60. The lowest BCUT2D eigenvalue weighted by atomic mass is 10.1. The van der Waals surface area contributed by atoms with Crippen molar-refractivity contribution in [2.24, 2.45) is 5.92 Å². The van der Waals surface area contributed by atoms with Gasteiger partial charge in [0.2, 0.25) is 0 Å². The van der Waals surface area contributed by atoms with Gasteiger partial charge in [0.05, 0.1) is 18.7 Å². The minimum Gasteiger partial charge on any atom is -0.380 e. The van der Waals surface area contributed by atoms with Crippen LogP contribution in [0.15, 0.2) is 0 Å². The standard InChI is InChI=1S/C10H20N2O/c1-9(2)4-6-13-7-5-12-10(3)8-11/h9-10,12H,4-7H2,1-3H3. The average molecular weight is 184 g/mol. The highest BCUT2D eigenvalue weighted by molar-refractivity contribution is 4.84. The lowest BCUT2D eigenvalue weighted by Gasteiger charge is -2.08. The van der Waals surface area contributed by atoms with Crippen LogP contribution in [0.3, 0.4) is 0 Å². The van der Waals surface area contributed by atoms with E-state index in [0.717, 1.165) is 19.6 Å². The van der Waals surface area contributed by atoms with Crippen LogP contribution in [0.25, 0.3) is 0 Å². The molecule has 1 N–H and O–H groups in total. The third kappa shape index (κ3) is 9.32. The summed E-state index contributed by atoms with van der Waals surface area (Å²) in [5.74, 6) is 0.700. The molecule has 0 aromatic rings. The van der Waals surface area contributed by atoms with E-state index in [-0.39, 0.29) is 6.04 Å². The zero-order chi connectivity index (χ0) is 10.1. The highest BCUT2D eigenvalue weighted by Crippen LogP contribution is 1.98. The largest absolute Gasteiger partial charge is 0.380 e. The fourth-order valence-corrected chi connectivity index (χ4v) is 0.814. The van der Waals surface area contributed by atoms with E-state index in [9.17, 15) is 0 Å². The molecule has 0 saturated carbocycles. The topological polar surface area (TPSA) is 45.0 Å². The summed E-state index contributed by atoms with van der Waals surface area (Å²) >= 11 is 0. The van der Waals surface area contributed by atoms with Gasteiger partial charge in [-0.15, -0.1) is 0 Å². The lowest BCUT2D eigenvalue weighted by molar-refractivity contribution is 0.124. The molecule has 0 saturated heterocycles. The maximum absolute atomic E-state index is 8.46. The second-order valence-corrected chi connectivity index (χ2v) is 3.60. The van der Waals surface area contributed by atoms with Gasteiger partial charge >= 0.3 is 0 Å². The summed E-state index contributed by atoms with van der Waals surface area (Å²) in [5.41, 5.74) is 0. The zero-order valence-corrected chi connectivity index (χ0v) is 8.84. The molecule has 3 heteroatoms. The van der Waals surface area contributed by atoms with Gasteiger partial charge in [-0.3, -0.25) is 5.32 Å². The molecular weight excluding hydrogens is 164 g/mol. The van der Waals surface area contributed by atoms with Crippen LogP contribution in [0.2, 0.25) is 0 Å². The van der Waals surface area contributed by atoms with Crippen LogP contribution in [0.5, 0.6) is 0 Å². The molecule has 0 aliphatic carbocycles. The molecule has 1 unspecified atom stereocenters. The average Bonchev–Trinajstić information content (AvgIpc) is 2.10. The van der Waals surface area contributed by atoms with Crippen molar-refractivity contribution in [1.29, 1.82) is 5.26 Å². The number of ether oxygens (including phenoxy) is 1. The van der Waals surface area contributed by atoms with Gasteiger partial charge in [0.1, 0.15) is 0 Å². The number of nitriles is 1. The molecule has 1 atom stereocenters. The molecule has 0 aromatic carbocycles. The molecule has 0 aliphatic heterocycles. The Labute approximate surface area is 81.1 Å². The van der Waals surface area contributed by atoms with Gasteiger partial charge in [0.15, 0.2) is 0 Å². The zero-order valence-electron chi connectivity index (χ0n) is 8.84. The van der Waals surface area contributed by atoms with Crippen LogP contribution in [0.4, 0.5) is 0 Å². The summed E-state index contributed by atoms with van der Waals surface area (Å²) in [5, 5.41) is 11.5. The molecule has 0 heterocycles. The molecule has 0 fully saturated rings. The van der Waals surface area contributed by atoms with Crippen molar-refractivity contribution in [3.8, 4) is 6.07 Å². The SMILES string of the molecule is CC(C)CCOCCNC(C)C#N. The predicted octanol–water partition coefficient (Wildman–Crippen LogP) is 1.55. The van der Waals surface area contributed by atoms with E-state index in [1.165, 1.54) is 0 Å². The number of hydrogen-bond donors (Lipinski definition) is 1. The second kappa shape index (κ2) is 8.03. The predicted molar refractivity (Wildman–Crippen MR) is 53.4 cm³/mol. The van der Waals surface area contributed by atoms with Gasteiger partial charge in [0.25, 0.3) is 0 Å². The first-order valence-corrected chi connectivity index (χ1v) is 4.87. The summed E-state index contributed by atoms with van der Waals surface area (Å²) in [6.45, 7) is 8.47. The number of nitrogens with zero attached hydrogens (tertiary/aromatic N) is 1. The molecular formula is C10H20N2O. The quantitative estimate of drug-likeness (QED) is 0.611. The molecule has 0 aromatic heterocycles. The third-order valence-electron chi connectivity index (χ3n) is 1.73. The van der Waals surface area contributed by atoms with Crippen LogP contribution >= 0.6 is 0 Å². The Morgan fingerprint density at radius 2 is 2.00 bits per heavy atom. The van der Waals surface area contributed by atoms with Crippen molar-refractivity contribution in [3.63, 3.8) is 0 Å². The molecule has 0 bridgehead atoms. The van der Waals surface area contributed by atoms with E-state index in [4.69, 9.17) is 10.00 Å². The fourth-order valence-electron chi connectivity index (χ4n) is 0.814. The Hall–Kier alpha value is -0.590. The van der Waals surface area contributed by atoms with E-state index in [0.29, 0.717) is 12.5 Å². The molecule has 0 amide bonds. The highest BCUT2D eigenvalue weighted by atomic mass is 16.5. The number of nitrogens with one attached hydrogen (secondary N) is 1. The van der Waals surface area contributed by atoms with E-state index in [1.807, 2.05) is 6.92 Å². The molecule has 0 radical (unpaired) electrons. The van der Waals surface area contributed by atoms with Crippen molar-refractivity contribution in [3.05, 3.63) is 0 Å². The molecule has 0 spiro atoms. The summed E-state index contributed by atoms with van der Waals surface area (Å²) in [4.78, 5) is 0. The smallest absolute Gasteiger partial charge is 0.0925 e. The van der Waals surface area contributed by atoms with Crippen LogP contribution < -0.4 is 5.32 Å². The van der Waals surface area contributed by atoms with Crippen molar-refractivity contribution in [2.75, 3.05) is 19.8 Å². The third-order valence-corrected chi connectivity index (χ3v) is 1.73. The van der Waals surface area contributed by atoms with E-state index >= 15 is 0 Å². The van der Waals surface area contributed by atoms with Crippen LogP contribution in [-0.2, 0) is 4.74 Å². The molecule has 76 valence electrons. The summed E-state index contributed by atoms with van der Waals surface area (Å²) in [6, 6.07) is 2.03. The fraction of sp³-hybridized carbons (Fsp3) is 0.900. The minimum absolute atomic E-state index is 0.0753. The first-order valence-electron chi connectivity index (χ1n) is 4.87. The Morgan fingerprint density at radius 1 is 1.31 bits per heavy atom. The van der Waals surface area contributed by atoms with Gasteiger partial charge < -0.3 is 4.74 Å². The minimum atomic E-state index is -0.0753. The van der Waals surface area contributed by atoms with Gasteiger partial charge in [-0.05, 0) is 19.3 Å². The van der Waals surface area contributed by atoms with Crippen molar-refractivity contribution in [2.45, 2.75) is 33.2 Å².